The van der Waals surface area contributed by atoms with Gasteiger partial charge in [0.25, 0.3) is 0 Å². The Kier molecular flexibility index (Phi) is 3.77. The lowest BCUT2D eigenvalue weighted by Gasteiger charge is -2.06. The number of rotatable bonds is 3. The summed E-state index contributed by atoms with van der Waals surface area (Å²) in [5.41, 5.74) is 7.98. The van der Waals surface area contributed by atoms with E-state index in [0.717, 1.165) is 17.7 Å². The molecular formula is C13H14Cl2N2. The largest absolute Gasteiger partial charge is 0.350 e. The predicted octanol–water partition coefficient (Wildman–Crippen LogP) is 3.86. The van der Waals surface area contributed by atoms with Crippen molar-refractivity contribution in [3.8, 4) is 0 Å². The predicted molar refractivity (Wildman–Crippen MR) is 72.6 cm³/mol. The average Bonchev–Trinajstić information content (AvgIpc) is 2.71. The summed E-state index contributed by atoms with van der Waals surface area (Å²) in [6, 6.07) is 7.62. The molecule has 1 unspecified atom stereocenters. The molecule has 0 bridgehead atoms. The molecule has 0 aliphatic carbocycles. The fourth-order valence-corrected chi connectivity index (χ4v) is 2.14. The van der Waals surface area contributed by atoms with E-state index in [9.17, 15) is 0 Å². The van der Waals surface area contributed by atoms with Gasteiger partial charge < -0.3 is 10.3 Å². The summed E-state index contributed by atoms with van der Waals surface area (Å²) in [6.07, 6.45) is 4.04. The Bertz CT molecular complexity index is 518. The molecule has 0 saturated heterocycles. The molecule has 17 heavy (non-hydrogen) atoms. The van der Waals surface area contributed by atoms with Crippen LogP contribution in [0.3, 0.4) is 0 Å². The summed E-state index contributed by atoms with van der Waals surface area (Å²) >= 11 is 12.0. The number of aromatic nitrogens is 1. The maximum Gasteiger partial charge on any atom is 0.0485 e. The van der Waals surface area contributed by atoms with Gasteiger partial charge in [-0.1, -0.05) is 29.3 Å². The van der Waals surface area contributed by atoms with E-state index in [2.05, 4.69) is 4.57 Å². The highest BCUT2D eigenvalue weighted by molar-refractivity contribution is 6.35. The number of nitrogens with two attached hydrogens (primary N) is 1. The fraction of sp³-hybridized carbons (Fsp3) is 0.231. The van der Waals surface area contributed by atoms with Crippen molar-refractivity contribution < 1.29 is 0 Å². The van der Waals surface area contributed by atoms with Gasteiger partial charge in [-0.2, -0.15) is 0 Å². The first-order valence-electron chi connectivity index (χ1n) is 5.41. The van der Waals surface area contributed by atoms with Crippen LogP contribution in [0.4, 0.5) is 0 Å². The van der Waals surface area contributed by atoms with E-state index < -0.39 is 0 Å². The van der Waals surface area contributed by atoms with Crippen molar-refractivity contribution in [1.29, 1.82) is 0 Å². The van der Waals surface area contributed by atoms with Crippen molar-refractivity contribution >= 4 is 23.2 Å². The van der Waals surface area contributed by atoms with E-state index in [1.165, 1.54) is 0 Å². The van der Waals surface area contributed by atoms with Gasteiger partial charge >= 0.3 is 0 Å². The highest BCUT2D eigenvalue weighted by Crippen LogP contribution is 2.22. The third kappa shape index (κ3) is 3.03. The molecule has 1 aromatic heterocycles. The number of halogens is 2. The zero-order valence-electron chi connectivity index (χ0n) is 9.53. The van der Waals surface area contributed by atoms with Crippen LogP contribution in [0.2, 0.25) is 10.0 Å². The van der Waals surface area contributed by atoms with E-state index in [-0.39, 0.29) is 6.04 Å². The van der Waals surface area contributed by atoms with Crippen molar-refractivity contribution in [2.45, 2.75) is 19.5 Å². The molecule has 2 nitrogen and oxygen atoms in total. The van der Waals surface area contributed by atoms with Gasteiger partial charge in [0.1, 0.15) is 0 Å². The van der Waals surface area contributed by atoms with E-state index in [1.54, 1.807) is 6.07 Å². The molecule has 0 fully saturated rings. The van der Waals surface area contributed by atoms with Gasteiger partial charge in [0, 0.05) is 35.0 Å². The molecule has 2 aromatic rings. The zero-order valence-corrected chi connectivity index (χ0v) is 11.0. The molecule has 0 saturated carbocycles. The maximum atomic E-state index is 6.13. The molecule has 90 valence electrons. The Morgan fingerprint density at radius 3 is 2.65 bits per heavy atom. The molecule has 0 aliphatic rings. The summed E-state index contributed by atoms with van der Waals surface area (Å²) in [5, 5.41) is 1.34. The van der Waals surface area contributed by atoms with E-state index in [1.807, 2.05) is 37.5 Å². The van der Waals surface area contributed by atoms with Crippen LogP contribution in [0.5, 0.6) is 0 Å². The summed E-state index contributed by atoms with van der Waals surface area (Å²) in [4.78, 5) is 0. The van der Waals surface area contributed by atoms with Crippen molar-refractivity contribution in [2.75, 3.05) is 0 Å². The number of benzene rings is 1. The first kappa shape index (κ1) is 12.5. The Balaban J connectivity index is 2.19. The van der Waals surface area contributed by atoms with Gasteiger partial charge in [-0.05, 0) is 36.2 Å². The van der Waals surface area contributed by atoms with Crippen molar-refractivity contribution in [2.24, 2.45) is 5.73 Å². The van der Waals surface area contributed by atoms with Crippen LogP contribution in [0, 0.1) is 0 Å². The normalized spacial score (nSPS) is 12.7. The summed E-state index contributed by atoms with van der Waals surface area (Å²) in [5.74, 6) is 0. The lowest BCUT2D eigenvalue weighted by molar-refractivity contribution is 0.778. The fourth-order valence-electron chi connectivity index (χ4n) is 1.67. The molecule has 0 radical (unpaired) electrons. The van der Waals surface area contributed by atoms with Gasteiger partial charge in [0.15, 0.2) is 0 Å². The van der Waals surface area contributed by atoms with Crippen LogP contribution in [-0.2, 0) is 6.54 Å². The first-order chi connectivity index (χ1) is 8.06. The monoisotopic (exact) mass is 268 g/mol. The summed E-state index contributed by atoms with van der Waals surface area (Å²) in [7, 11) is 0. The molecule has 0 spiro atoms. The lowest BCUT2D eigenvalue weighted by atomic mass is 10.2. The molecular weight excluding hydrogens is 255 g/mol. The standard InChI is InChI=1S/C13H14Cl2N2/c1-9(16)10-4-5-17(7-10)8-11-2-3-12(14)6-13(11)15/h2-7,9H,8,16H2,1H3. The zero-order chi connectivity index (χ0) is 12.4. The molecule has 1 aromatic carbocycles. The van der Waals surface area contributed by atoms with Crippen LogP contribution in [0.25, 0.3) is 0 Å². The Morgan fingerprint density at radius 1 is 1.29 bits per heavy atom. The average molecular weight is 269 g/mol. The second kappa shape index (κ2) is 5.13. The maximum absolute atomic E-state index is 6.13. The van der Waals surface area contributed by atoms with Gasteiger partial charge in [0.05, 0.1) is 0 Å². The Morgan fingerprint density at radius 2 is 2.06 bits per heavy atom. The lowest BCUT2D eigenvalue weighted by Crippen LogP contribution is -2.04. The molecule has 0 aliphatic heterocycles. The molecule has 0 amide bonds. The van der Waals surface area contributed by atoms with Gasteiger partial charge in [-0.25, -0.2) is 0 Å². The quantitative estimate of drug-likeness (QED) is 0.901. The highest BCUT2D eigenvalue weighted by Gasteiger charge is 2.05. The van der Waals surface area contributed by atoms with Crippen LogP contribution in [-0.4, -0.2) is 4.57 Å². The van der Waals surface area contributed by atoms with Crippen LogP contribution in [0.1, 0.15) is 24.1 Å². The second-order valence-electron chi connectivity index (χ2n) is 4.14. The minimum atomic E-state index is 0.0527. The van der Waals surface area contributed by atoms with Gasteiger partial charge in [-0.3, -0.25) is 0 Å². The molecule has 1 atom stereocenters. The van der Waals surface area contributed by atoms with Crippen molar-refractivity contribution in [3.05, 3.63) is 57.8 Å². The molecule has 2 rings (SSSR count). The van der Waals surface area contributed by atoms with Gasteiger partial charge in [0.2, 0.25) is 0 Å². The Labute approximate surface area is 111 Å². The SMILES string of the molecule is CC(N)c1ccn(Cc2ccc(Cl)cc2Cl)c1. The topological polar surface area (TPSA) is 30.9 Å². The minimum Gasteiger partial charge on any atom is -0.350 e. The number of hydrogen-bond acceptors (Lipinski definition) is 1. The van der Waals surface area contributed by atoms with Crippen molar-refractivity contribution in [3.63, 3.8) is 0 Å². The van der Waals surface area contributed by atoms with Crippen LogP contribution < -0.4 is 5.73 Å². The summed E-state index contributed by atoms with van der Waals surface area (Å²) < 4.78 is 2.06. The third-order valence-corrected chi connectivity index (χ3v) is 3.25. The number of nitrogens with zero attached hydrogens (tertiary/aromatic N) is 1. The van der Waals surface area contributed by atoms with Gasteiger partial charge in [-0.15, -0.1) is 0 Å². The van der Waals surface area contributed by atoms with E-state index >= 15 is 0 Å². The van der Waals surface area contributed by atoms with E-state index in [0.29, 0.717) is 10.0 Å². The number of hydrogen-bond donors (Lipinski definition) is 1. The third-order valence-electron chi connectivity index (χ3n) is 2.67. The molecule has 4 heteroatoms. The smallest absolute Gasteiger partial charge is 0.0485 e. The van der Waals surface area contributed by atoms with Crippen LogP contribution >= 0.6 is 23.2 Å². The summed E-state index contributed by atoms with van der Waals surface area (Å²) in [6.45, 7) is 2.69. The van der Waals surface area contributed by atoms with E-state index in [4.69, 9.17) is 28.9 Å². The molecule has 1 heterocycles. The first-order valence-corrected chi connectivity index (χ1v) is 6.17. The Hall–Kier alpha value is -0.960. The highest BCUT2D eigenvalue weighted by atomic mass is 35.5. The van der Waals surface area contributed by atoms with Crippen molar-refractivity contribution in [1.82, 2.24) is 4.57 Å². The van der Waals surface area contributed by atoms with Crippen LogP contribution in [0.15, 0.2) is 36.7 Å². The second-order valence-corrected chi connectivity index (χ2v) is 4.99. The molecule has 2 N–H and O–H groups in total. The minimum absolute atomic E-state index is 0.0527.